The summed E-state index contributed by atoms with van der Waals surface area (Å²) in [6.07, 6.45) is 4.89. The van der Waals surface area contributed by atoms with Crippen LogP contribution in [0.5, 0.6) is 0 Å². The second-order valence-electron chi connectivity index (χ2n) is 2.91. The van der Waals surface area contributed by atoms with E-state index in [1.54, 1.807) is 0 Å². The summed E-state index contributed by atoms with van der Waals surface area (Å²) >= 11 is 0. The molecule has 54 valence electrons. The number of hydrogen-bond acceptors (Lipinski definition) is 1. The molecule has 2 nitrogen and oxygen atoms in total. The normalized spacial score (nSPS) is 36.7. The Morgan fingerprint density at radius 3 is 2.22 bits per heavy atom. The van der Waals surface area contributed by atoms with Gasteiger partial charge in [-0.05, 0) is 25.7 Å². The average Bonchev–Trinajstić information content (AvgIpc) is 1.90. The van der Waals surface area contributed by atoms with Gasteiger partial charge in [0, 0.05) is 6.04 Å². The van der Waals surface area contributed by atoms with Gasteiger partial charge in [0.15, 0.2) is 0 Å². The van der Waals surface area contributed by atoms with E-state index in [1.807, 2.05) is 0 Å². The van der Waals surface area contributed by atoms with Gasteiger partial charge in [0.25, 0.3) is 0 Å². The summed E-state index contributed by atoms with van der Waals surface area (Å²) in [5, 5.41) is 2.06. The van der Waals surface area contributed by atoms with Gasteiger partial charge in [-0.1, -0.05) is 0 Å². The van der Waals surface area contributed by atoms with Gasteiger partial charge in [0.05, 0.1) is 6.04 Å². The number of rotatable bonds is 1. The van der Waals surface area contributed by atoms with Crippen molar-refractivity contribution in [3.8, 4) is 0 Å². The molecule has 0 heterocycles. The van der Waals surface area contributed by atoms with Crippen LogP contribution in [0.1, 0.15) is 25.7 Å². The lowest BCUT2D eigenvalue weighted by molar-refractivity contribution is -0.636. The van der Waals surface area contributed by atoms with Crippen LogP contribution in [0, 0.1) is 7.05 Å². The van der Waals surface area contributed by atoms with Gasteiger partial charge in [0.1, 0.15) is 0 Å². The van der Waals surface area contributed by atoms with Crippen molar-refractivity contribution in [1.29, 1.82) is 0 Å². The van der Waals surface area contributed by atoms with Crippen LogP contribution in [0.25, 0.3) is 0 Å². The van der Waals surface area contributed by atoms with Crippen LogP contribution in [0.15, 0.2) is 0 Å². The SMILES string of the molecule is [CH2-][NH2+][C@H]1CC[C@@H](N)CC1. The molecule has 0 bridgehead atoms. The standard InChI is InChI=1S/C7H16N2/c1-9-7-4-2-6(8)3-5-7/h6-7H,1-5,8-9H2/t6-,7+. The third kappa shape index (κ3) is 1.95. The van der Waals surface area contributed by atoms with Crippen LogP contribution >= 0.6 is 0 Å². The summed E-state index contributed by atoms with van der Waals surface area (Å²) in [6, 6.07) is 1.23. The molecule has 2 heteroatoms. The van der Waals surface area contributed by atoms with E-state index in [4.69, 9.17) is 5.73 Å². The maximum absolute atomic E-state index is 5.72. The Kier molecular flexibility index (Phi) is 2.49. The van der Waals surface area contributed by atoms with Crippen LogP contribution < -0.4 is 11.1 Å². The Hall–Kier alpha value is -0.0800. The lowest BCUT2D eigenvalue weighted by atomic mass is 9.92. The van der Waals surface area contributed by atoms with Crippen molar-refractivity contribution in [3.63, 3.8) is 0 Å². The number of nitrogens with two attached hydrogens (primary N) is 2. The molecule has 0 amide bonds. The van der Waals surface area contributed by atoms with Crippen molar-refractivity contribution in [2.75, 3.05) is 0 Å². The molecule has 0 radical (unpaired) electrons. The van der Waals surface area contributed by atoms with Gasteiger partial charge < -0.3 is 11.1 Å². The fourth-order valence-corrected chi connectivity index (χ4v) is 1.38. The molecule has 1 saturated carbocycles. The largest absolute Gasteiger partial charge is 0.476 e. The van der Waals surface area contributed by atoms with Crippen LogP contribution in [0.4, 0.5) is 0 Å². The van der Waals surface area contributed by atoms with Gasteiger partial charge in [-0.15, -0.1) is 0 Å². The first-order valence-corrected chi connectivity index (χ1v) is 3.71. The van der Waals surface area contributed by atoms with Crippen LogP contribution in [-0.4, -0.2) is 12.1 Å². The number of quaternary nitrogens is 1. The lowest BCUT2D eigenvalue weighted by Crippen LogP contribution is -2.84. The molecule has 0 atom stereocenters. The fourth-order valence-electron chi connectivity index (χ4n) is 1.38. The monoisotopic (exact) mass is 128 g/mol. The quantitative estimate of drug-likeness (QED) is 0.464. The first-order valence-electron chi connectivity index (χ1n) is 3.71. The van der Waals surface area contributed by atoms with Crippen molar-refractivity contribution >= 4 is 0 Å². The maximum atomic E-state index is 5.72. The summed E-state index contributed by atoms with van der Waals surface area (Å²) in [5.41, 5.74) is 5.72. The topological polar surface area (TPSA) is 42.6 Å². The van der Waals surface area contributed by atoms with Gasteiger partial charge >= 0.3 is 0 Å². The molecule has 1 rings (SSSR count). The maximum Gasteiger partial charge on any atom is 0.0621 e. The first kappa shape index (κ1) is 7.03. The molecule has 1 aliphatic carbocycles. The minimum Gasteiger partial charge on any atom is -0.476 e. The van der Waals surface area contributed by atoms with E-state index in [2.05, 4.69) is 12.4 Å². The van der Waals surface area contributed by atoms with Gasteiger partial charge in [-0.2, -0.15) is 7.05 Å². The number of hydrogen-bond donors (Lipinski definition) is 2. The highest BCUT2D eigenvalue weighted by molar-refractivity contribution is 4.72. The molecule has 0 saturated heterocycles. The Morgan fingerprint density at radius 2 is 1.78 bits per heavy atom. The highest BCUT2D eigenvalue weighted by Crippen LogP contribution is 2.13. The summed E-state index contributed by atoms with van der Waals surface area (Å²) in [4.78, 5) is 0. The van der Waals surface area contributed by atoms with Crippen LogP contribution in [0.2, 0.25) is 0 Å². The van der Waals surface area contributed by atoms with E-state index in [9.17, 15) is 0 Å². The smallest absolute Gasteiger partial charge is 0.0621 e. The summed E-state index contributed by atoms with van der Waals surface area (Å²) < 4.78 is 0. The second-order valence-corrected chi connectivity index (χ2v) is 2.91. The molecular weight excluding hydrogens is 112 g/mol. The van der Waals surface area contributed by atoms with Gasteiger partial charge in [-0.3, -0.25) is 0 Å². The van der Waals surface area contributed by atoms with E-state index in [1.165, 1.54) is 25.7 Å². The predicted molar refractivity (Wildman–Crippen MR) is 37.5 cm³/mol. The first-order chi connectivity index (χ1) is 4.33. The predicted octanol–water partition coefficient (Wildman–Crippen LogP) is -0.389. The second kappa shape index (κ2) is 3.18. The summed E-state index contributed by atoms with van der Waals surface area (Å²) in [6.45, 7) is 0. The van der Waals surface area contributed by atoms with E-state index < -0.39 is 0 Å². The molecule has 0 unspecified atom stereocenters. The summed E-state index contributed by atoms with van der Waals surface area (Å²) in [5.74, 6) is 0. The van der Waals surface area contributed by atoms with Crippen molar-refractivity contribution in [1.82, 2.24) is 0 Å². The highest BCUT2D eigenvalue weighted by atomic mass is 14.9. The molecule has 0 aromatic carbocycles. The van der Waals surface area contributed by atoms with Crippen molar-refractivity contribution in [3.05, 3.63) is 7.05 Å². The molecule has 0 spiro atoms. The average molecular weight is 128 g/mol. The highest BCUT2D eigenvalue weighted by Gasteiger charge is 2.17. The van der Waals surface area contributed by atoms with E-state index >= 15 is 0 Å². The van der Waals surface area contributed by atoms with Crippen LogP contribution in [0.3, 0.4) is 0 Å². The molecule has 0 aromatic rings. The molecule has 1 aliphatic rings. The Bertz CT molecular complexity index is 75.0. The van der Waals surface area contributed by atoms with Crippen LogP contribution in [-0.2, 0) is 0 Å². The Labute approximate surface area is 56.8 Å². The fraction of sp³-hybridized carbons (Fsp3) is 0.857. The molecule has 9 heavy (non-hydrogen) atoms. The Morgan fingerprint density at radius 1 is 1.22 bits per heavy atom. The molecular formula is C7H16N2. The summed E-state index contributed by atoms with van der Waals surface area (Å²) in [7, 11) is 3.77. The third-order valence-electron chi connectivity index (χ3n) is 2.15. The minimum absolute atomic E-state index is 0.473. The molecule has 4 N–H and O–H groups in total. The van der Waals surface area contributed by atoms with E-state index in [-0.39, 0.29) is 0 Å². The lowest BCUT2D eigenvalue weighted by Gasteiger charge is -2.25. The molecule has 0 aliphatic heterocycles. The zero-order chi connectivity index (χ0) is 6.69. The molecule has 0 aromatic heterocycles. The van der Waals surface area contributed by atoms with Gasteiger partial charge in [0.2, 0.25) is 0 Å². The zero-order valence-electron chi connectivity index (χ0n) is 5.84. The van der Waals surface area contributed by atoms with Gasteiger partial charge in [-0.25, -0.2) is 0 Å². The van der Waals surface area contributed by atoms with E-state index in [0.29, 0.717) is 6.04 Å². The van der Waals surface area contributed by atoms with Crippen molar-refractivity contribution in [2.24, 2.45) is 5.73 Å². The van der Waals surface area contributed by atoms with E-state index in [0.717, 1.165) is 6.04 Å². The van der Waals surface area contributed by atoms with Crippen molar-refractivity contribution < 1.29 is 5.32 Å². The zero-order valence-corrected chi connectivity index (χ0v) is 5.84. The van der Waals surface area contributed by atoms with Crippen molar-refractivity contribution in [2.45, 2.75) is 37.8 Å². The third-order valence-corrected chi connectivity index (χ3v) is 2.15. The molecule has 1 fully saturated rings. The Balaban J connectivity index is 2.18. The minimum atomic E-state index is 0.473.